The lowest BCUT2D eigenvalue weighted by molar-refractivity contribution is 0.223. The Labute approximate surface area is 147 Å². The Bertz CT molecular complexity index is 870. The largest absolute Gasteiger partial charge is 0.477 e. The van der Waals surface area contributed by atoms with Crippen LogP contribution in [0.1, 0.15) is 36.3 Å². The van der Waals surface area contributed by atoms with Gasteiger partial charge in [-0.25, -0.2) is 13.1 Å². The molecule has 1 saturated heterocycles. The molecule has 0 atom stereocenters. The van der Waals surface area contributed by atoms with E-state index in [9.17, 15) is 8.42 Å². The third-order valence-corrected chi connectivity index (χ3v) is 6.98. The number of ether oxygens (including phenoxy) is 1. The van der Waals surface area contributed by atoms with E-state index in [1.807, 2.05) is 12.3 Å². The molecule has 2 aromatic heterocycles. The molecule has 2 aliphatic heterocycles. The van der Waals surface area contributed by atoms with Crippen LogP contribution in [-0.4, -0.2) is 47.2 Å². The van der Waals surface area contributed by atoms with Crippen molar-refractivity contribution in [1.29, 1.82) is 0 Å². The van der Waals surface area contributed by atoms with Crippen molar-refractivity contribution in [1.82, 2.24) is 19.1 Å². The number of hydrogen-bond acceptors (Lipinski definition) is 5. The van der Waals surface area contributed by atoms with Crippen LogP contribution < -0.4 is 4.74 Å². The van der Waals surface area contributed by atoms with E-state index in [1.54, 1.807) is 15.2 Å². The van der Waals surface area contributed by atoms with Gasteiger partial charge in [0, 0.05) is 38.4 Å². The zero-order valence-electron chi connectivity index (χ0n) is 14.3. The van der Waals surface area contributed by atoms with Gasteiger partial charge in [-0.3, -0.25) is 4.98 Å². The molecule has 8 heteroatoms. The molecule has 4 rings (SSSR count). The number of fused-ring (bicyclic) bond motifs is 1. The van der Waals surface area contributed by atoms with Crippen molar-refractivity contribution in [3.8, 4) is 5.88 Å². The molecule has 2 aliphatic rings. The van der Waals surface area contributed by atoms with E-state index >= 15 is 0 Å². The number of aryl methyl sites for hydroxylation is 2. The number of aromatic nitrogens is 3. The van der Waals surface area contributed by atoms with E-state index in [0.717, 1.165) is 19.3 Å². The Morgan fingerprint density at radius 3 is 2.76 bits per heavy atom. The van der Waals surface area contributed by atoms with E-state index in [0.29, 0.717) is 38.0 Å². The van der Waals surface area contributed by atoms with Crippen molar-refractivity contribution in [3.63, 3.8) is 0 Å². The first kappa shape index (κ1) is 16.5. The smallest absolute Gasteiger partial charge is 0.250 e. The highest BCUT2D eigenvalue weighted by molar-refractivity contribution is 7.89. The summed E-state index contributed by atoms with van der Waals surface area (Å²) in [4.78, 5) is 4.42. The standard InChI is InChI=1S/C17H22N4O3S/c1-13-3-6-18-11-15(13)14-4-8-20(9-5-14)25(22,23)16-12-19-21-7-2-10-24-17(16)21/h3,6,11-12,14H,2,4-5,7-10H2,1H3. The van der Waals surface area contributed by atoms with E-state index < -0.39 is 10.0 Å². The predicted octanol–water partition coefficient (Wildman–Crippen LogP) is 1.94. The first-order valence-electron chi connectivity index (χ1n) is 8.66. The second-order valence-electron chi connectivity index (χ2n) is 6.65. The number of hydrogen-bond donors (Lipinski definition) is 0. The van der Waals surface area contributed by atoms with Crippen molar-refractivity contribution >= 4 is 10.0 Å². The van der Waals surface area contributed by atoms with E-state index in [4.69, 9.17) is 4.74 Å². The predicted molar refractivity (Wildman–Crippen MR) is 92.0 cm³/mol. The van der Waals surface area contributed by atoms with Crippen LogP contribution in [0.15, 0.2) is 29.6 Å². The van der Waals surface area contributed by atoms with Crippen LogP contribution >= 0.6 is 0 Å². The quantitative estimate of drug-likeness (QED) is 0.834. The van der Waals surface area contributed by atoms with E-state index in [2.05, 4.69) is 17.0 Å². The second-order valence-corrected chi connectivity index (χ2v) is 8.56. The lowest BCUT2D eigenvalue weighted by Gasteiger charge is -2.31. The fourth-order valence-corrected chi connectivity index (χ4v) is 5.21. The Morgan fingerprint density at radius 2 is 2.00 bits per heavy atom. The average Bonchev–Trinajstić information content (AvgIpc) is 3.07. The average molecular weight is 362 g/mol. The number of pyridine rings is 1. The van der Waals surface area contributed by atoms with Crippen molar-refractivity contribution in [3.05, 3.63) is 35.8 Å². The maximum atomic E-state index is 13.0. The molecule has 25 heavy (non-hydrogen) atoms. The zero-order valence-corrected chi connectivity index (χ0v) is 15.1. The van der Waals surface area contributed by atoms with Gasteiger partial charge in [-0.15, -0.1) is 0 Å². The van der Waals surface area contributed by atoms with E-state index in [-0.39, 0.29) is 4.90 Å². The minimum absolute atomic E-state index is 0.197. The summed E-state index contributed by atoms with van der Waals surface area (Å²) in [5.74, 6) is 0.744. The molecule has 7 nitrogen and oxygen atoms in total. The highest BCUT2D eigenvalue weighted by Crippen LogP contribution is 2.34. The highest BCUT2D eigenvalue weighted by Gasteiger charge is 2.35. The van der Waals surface area contributed by atoms with Crippen LogP contribution in [0.5, 0.6) is 5.88 Å². The molecule has 2 aromatic rings. The van der Waals surface area contributed by atoms with Gasteiger partial charge in [-0.1, -0.05) is 0 Å². The molecule has 0 amide bonds. The molecular weight excluding hydrogens is 340 g/mol. The summed E-state index contributed by atoms with van der Waals surface area (Å²) in [7, 11) is -3.57. The first-order valence-corrected chi connectivity index (χ1v) is 10.1. The van der Waals surface area contributed by atoms with Gasteiger partial charge in [0.2, 0.25) is 15.9 Å². The normalized spacial score (nSPS) is 19.4. The lowest BCUT2D eigenvalue weighted by atomic mass is 9.89. The fraction of sp³-hybridized carbons (Fsp3) is 0.529. The summed E-state index contributed by atoms with van der Waals surface area (Å²) in [5.41, 5.74) is 2.45. The highest BCUT2D eigenvalue weighted by atomic mass is 32.2. The maximum absolute atomic E-state index is 13.0. The van der Waals surface area contributed by atoms with Gasteiger partial charge < -0.3 is 4.74 Å². The Kier molecular flexibility index (Phi) is 4.24. The van der Waals surface area contributed by atoms with E-state index in [1.165, 1.54) is 17.3 Å². The summed E-state index contributed by atoms with van der Waals surface area (Å²) in [5, 5.41) is 4.17. The van der Waals surface area contributed by atoms with Crippen LogP contribution in [-0.2, 0) is 16.6 Å². The molecule has 0 radical (unpaired) electrons. The van der Waals surface area contributed by atoms with Gasteiger partial charge in [0.05, 0.1) is 12.8 Å². The van der Waals surface area contributed by atoms with Gasteiger partial charge in [0.25, 0.3) is 0 Å². The molecule has 0 unspecified atom stereocenters. The maximum Gasteiger partial charge on any atom is 0.250 e. The summed E-state index contributed by atoms with van der Waals surface area (Å²) in [6.45, 7) is 4.33. The van der Waals surface area contributed by atoms with Gasteiger partial charge >= 0.3 is 0 Å². The minimum atomic E-state index is -3.57. The van der Waals surface area contributed by atoms with Crippen LogP contribution in [0.4, 0.5) is 0 Å². The molecule has 0 saturated carbocycles. The van der Waals surface area contributed by atoms with Gasteiger partial charge in [-0.2, -0.15) is 9.40 Å². The number of piperidine rings is 1. The third kappa shape index (κ3) is 2.93. The van der Waals surface area contributed by atoms with Gasteiger partial charge in [-0.05, 0) is 42.9 Å². The number of sulfonamides is 1. The van der Waals surface area contributed by atoms with Crippen LogP contribution in [0, 0.1) is 6.92 Å². The Balaban J connectivity index is 1.52. The van der Waals surface area contributed by atoms with Crippen molar-refractivity contribution in [2.45, 2.75) is 43.5 Å². The van der Waals surface area contributed by atoms with Crippen LogP contribution in [0.25, 0.3) is 0 Å². The molecule has 0 N–H and O–H groups in total. The summed E-state index contributed by atoms with van der Waals surface area (Å²) in [6.07, 6.45) is 7.58. The minimum Gasteiger partial charge on any atom is -0.477 e. The first-order chi connectivity index (χ1) is 12.1. The Hall–Kier alpha value is -1.93. The summed E-state index contributed by atoms with van der Waals surface area (Å²) in [6, 6.07) is 2.01. The molecule has 0 aromatic carbocycles. The van der Waals surface area contributed by atoms with Crippen LogP contribution in [0.3, 0.4) is 0 Å². The molecule has 134 valence electrons. The molecule has 0 spiro atoms. The molecule has 4 heterocycles. The van der Waals surface area contributed by atoms with Gasteiger partial charge in [0.15, 0.2) is 4.90 Å². The topological polar surface area (TPSA) is 77.3 Å². The number of nitrogens with zero attached hydrogens (tertiary/aromatic N) is 4. The SMILES string of the molecule is Cc1ccncc1C1CCN(S(=O)(=O)c2cnn3c2OCCC3)CC1. The van der Waals surface area contributed by atoms with Crippen molar-refractivity contribution in [2.24, 2.45) is 0 Å². The summed E-state index contributed by atoms with van der Waals surface area (Å²) < 4.78 is 34.8. The molecule has 0 aliphatic carbocycles. The number of rotatable bonds is 3. The third-order valence-electron chi connectivity index (χ3n) is 5.10. The van der Waals surface area contributed by atoms with Crippen LogP contribution in [0.2, 0.25) is 0 Å². The molecule has 1 fully saturated rings. The summed E-state index contributed by atoms with van der Waals surface area (Å²) >= 11 is 0. The zero-order chi connectivity index (χ0) is 17.4. The Morgan fingerprint density at radius 1 is 1.20 bits per heavy atom. The van der Waals surface area contributed by atoms with Gasteiger partial charge in [0.1, 0.15) is 0 Å². The van der Waals surface area contributed by atoms with Crippen molar-refractivity contribution < 1.29 is 13.2 Å². The molecular formula is C17H22N4O3S. The second kappa shape index (κ2) is 6.42. The fourth-order valence-electron chi connectivity index (χ4n) is 3.67. The lowest BCUT2D eigenvalue weighted by Crippen LogP contribution is -2.38. The molecule has 0 bridgehead atoms. The van der Waals surface area contributed by atoms with Crippen molar-refractivity contribution in [2.75, 3.05) is 19.7 Å². The monoisotopic (exact) mass is 362 g/mol.